The maximum atomic E-state index is 12.2. The topological polar surface area (TPSA) is 70.7 Å². The van der Waals surface area contributed by atoms with E-state index >= 15 is 0 Å². The molecule has 1 saturated heterocycles. The lowest BCUT2D eigenvalue weighted by atomic mass is 9.97. The molecule has 6 nitrogen and oxygen atoms in total. The van der Waals surface area contributed by atoms with Gasteiger partial charge in [0.1, 0.15) is 0 Å². The van der Waals surface area contributed by atoms with E-state index in [4.69, 9.17) is 4.74 Å². The average Bonchev–Trinajstić information content (AvgIpc) is 2.58. The molecule has 0 amide bonds. The van der Waals surface area contributed by atoms with Gasteiger partial charge in [-0.25, -0.2) is 0 Å². The number of ether oxygens (including phenoxy) is 1. The van der Waals surface area contributed by atoms with Crippen LogP contribution in [0.15, 0.2) is 0 Å². The van der Waals surface area contributed by atoms with Crippen molar-refractivity contribution in [2.24, 2.45) is 0 Å². The summed E-state index contributed by atoms with van der Waals surface area (Å²) in [5.74, 6) is 0. The number of hydrogen-bond donors (Lipinski definition) is 2. The number of nitrogens with one attached hydrogen (secondary N) is 2. The zero-order chi connectivity index (χ0) is 13.8. The Morgan fingerprint density at radius 1 is 1.50 bits per heavy atom. The Bertz CT molecular complexity index is 361. The van der Waals surface area contributed by atoms with E-state index in [1.54, 1.807) is 7.05 Å². The molecule has 0 bridgehead atoms. The highest BCUT2D eigenvalue weighted by molar-refractivity contribution is 7.87. The molecule has 1 aliphatic rings. The van der Waals surface area contributed by atoms with Crippen molar-refractivity contribution < 1.29 is 13.2 Å². The molecule has 0 radical (unpaired) electrons. The second-order valence-corrected chi connectivity index (χ2v) is 6.84. The van der Waals surface area contributed by atoms with Crippen LogP contribution in [0.25, 0.3) is 0 Å². The number of hydrogen-bond acceptors (Lipinski definition) is 4. The van der Waals surface area contributed by atoms with Gasteiger partial charge in [-0.1, -0.05) is 0 Å². The largest absolute Gasteiger partial charge is 0.376 e. The van der Waals surface area contributed by atoms with Crippen molar-refractivity contribution in [3.8, 4) is 0 Å². The van der Waals surface area contributed by atoms with Crippen LogP contribution in [0.3, 0.4) is 0 Å². The third-order valence-electron chi connectivity index (χ3n) is 3.56. The molecule has 0 aromatic heterocycles. The lowest BCUT2D eigenvalue weighted by molar-refractivity contribution is 0.0952. The molecular weight excluding hydrogens is 254 g/mol. The van der Waals surface area contributed by atoms with E-state index in [9.17, 15) is 8.42 Å². The summed E-state index contributed by atoms with van der Waals surface area (Å²) in [6.07, 6.45) is 1.40. The molecule has 1 heterocycles. The maximum Gasteiger partial charge on any atom is 0.279 e. The van der Waals surface area contributed by atoms with Gasteiger partial charge in [0.25, 0.3) is 10.2 Å². The van der Waals surface area contributed by atoms with Gasteiger partial charge in [0, 0.05) is 20.2 Å². The first-order valence-corrected chi connectivity index (χ1v) is 7.77. The lowest BCUT2D eigenvalue weighted by Crippen LogP contribution is -2.54. The van der Waals surface area contributed by atoms with Crippen LogP contribution in [0, 0.1) is 0 Å². The van der Waals surface area contributed by atoms with Gasteiger partial charge in [0.15, 0.2) is 0 Å². The van der Waals surface area contributed by atoms with Crippen molar-refractivity contribution in [3.05, 3.63) is 0 Å². The smallest absolute Gasteiger partial charge is 0.279 e. The third-order valence-corrected chi connectivity index (χ3v) is 5.29. The summed E-state index contributed by atoms with van der Waals surface area (Å²) in [6.45, 7) is 5.70. The van der Waals surface area contributed by atoms with Gasteiger partial charge in [0.2, 0.25) is 0 Å². The third kappa shape index (κ3) is 3.89. The quantitative estimate of drug-likeness (QED) is 0.640. The molecule has 0 aliphatic carbocycles. The minimum atomic E-state index is -3.44. The van der Waals surface area contributed by atoms with E-state index in [1.165, 1.54) is 4.31 Å². The summed E-state index contributed by atoms with van der Waals surface area (Å²) in [5.41, 5.74) is -0.504. The van der Waals surface area contributed by atoms with Crippen molar-refractivity contribution in [2.45, 2.75) is 38.3 Å². The van der Waals surface area contributed by atoms with Gasteiger partial charge >= 0.3 is 0 Å². The highest BCUT2D eigenvalue weighted by atomic mass is 32.2. The summed E-state index contributed by atoms with van der Waals surface area (Å²) in [5, 5.41) is 3.00. The van der Waals surface area contributed by atoms with Crippen LogP contribution in [0.2, 0.25) is 0 Å². The molecule has 0 aromatic carbocycles. The van der Waals surface area contributed by atoms with Crippen molar-refractivity contribution in [1.82, 2.24) is 14.3 Å². The van der Waals surface area contributed by atoms with Crippen LogP contribution in [0.1, 0.15) is 26.7 Å². The zero-order valence-corrected chi connectivity index (χ0v) is 12.5. The molecule has 1 rings (SSSR count). The molecule has 1 aliphatic heterocycles. The first kappa shape index (κ1) is 15.8. The summed E-state index contributed by atoms with van der Waals surface area (Å²) < 4.78 is 33.9. The molecular formula is C11H25N3O3S. The van der Waals surface area contributed by atoms with E-state index in [1.807, 2.05) is 20.9 Å². The Balaban J connectivity index is 2.58. The van der Waals surface area contributed by atoms with Crippen LogP contribution >= 0.6 is 0 Å². The first-order chi connectivity index (χ1) is 8.32. The molecule has 2 N–H and O–H groups in total. The van der Waals surface area contributed by atoms with Gasteiger partial charge < -0.3 is 10.1 Å². The second-order valence-electron chi connectivity index (χ2n) is 5.07. The average molecular weight is 279 g/mol. The van der Waals surface area contributed by atoms with Gasteiger partial charge in [-0.15, -0.1) is 0 Å². The molecule has 7 heteroatoms. The summed E-state index contributed by atoms with van der Waals surface area (Å²) in [6, 6.07) is 0. The number of nitrogens with zero attached hydrogens (tertiary/aromatic N) is 1. The summed E-state index contributed by atoms with van der Waals surface area (Å²) in [7, 11) is 0.0116. The fourth-order valence-electron chi connectivity index (χ4n) is 1.94. The summed E-state index contributed by atoms with van der Waals surface area (Å²) in [4.78, 5) is 0. The SMILES string of the molecule is CNCCCN(C)S(=O)(=O)NC1(C)CCOC1C. The molecule has 2 atom stereocenters. The van der Waals surface area contributed by atoms with Crippen LogP contribution in [0.5, 0.6) is 0 Å². The van der Waals surface area contributed by atoms with Gasteiger partial charge in [0.05, 0.1) is 11.6 Å². The Hall–Kier alpha value is -0.210. The minimum absolute atomic E-state index is 0.0991. The predicted octanol–water partition coefficient (Wildman–Crippen LogP) is -0.0704. The fourth-order valence-corrected chi connectivity index (χ4v) is 3.32. The molecule has 0 aromatic rings. The van der Waals surface area contributed by atoms with E-state index in [-0.39, 0.29) is 6.10 Å². The first-order valence-electron chi connectivity index (χ1n) is 6.33. The van der Waals surface area contributed by atoms with Gasteiger partial charge in [-0.2, -0.15) is 17.4 Å². The Morgan fingerprint density at radius 3 is 2.67 bits per heavy atom. The van der Waals surface area contributed by atoms with Crippen molar-refractivity contribution >= 4 is 10.2 Å². The van der Waals surface area contributed by atoms with E-state index in [0.717, 1.165) is 13.0 Å². The van der Waals surface area contributed by atoms with Crippen molar-refractivity contribution in [3.63, 3.8) is 0 Å². The Labute approximate surface area is 110 Å². The van der Waals surface area contributed by atoms with E-state index in [2.05, 4.69) is 10.0 Å². The summed E-state index contributed by atoms with van der Waals surface area (Å²) >= 11 is 0. The standard InChI is InChI=1S/C11H25N3O3S/c1-10-11(2,6-9-17-10)13-18(15,16)14(4)8-5-7-12-3/h10,12-13H,5-9H2,1-4H3. The van der Waals surface area contributed by atoms with Crippen LogP contribution in [-0.2, 0) is 14.9 Å². The minimum Gasteiger partial charge on any atom is -0.376 e. The molecule has 0 spiro atoms. The van der Waals surface area contributed by atoms with Crippen LogP contribution in [0.4, 0.5) is 0 Å². The second kappa shape index (κ2) is 6.29. The van der Waals surface area contributed by atoms with Crippen molar-refractivity contribution in [2.75, 3.05) is 33.8 Å². The molecule has 108 valence electrons. The highest BCUT2D eigenvalue weighted by Crippen LogP contribution is 2.26. The molecule has 1 fully saturated rings. The predicted molar refractivity (Wildman–Crippen MR) is 71.7 cm³/mol. The fraction of sp³-hybridized carbons (Fsp3) is 1.00. The highest BCUT2D eigenvalue weighted by Gasteiger charge is 2.41. The lowest BCUT2D eigenvalue weighted by Gasteiger charge is -2.30. The monoisotopic (exact) mass is 279 g/mol. The Morgan fingerprint density at radius 2 is 2.17 bits per heavy atom. The van der Waals surface area contributed by atoms with Gasteiger partial charge in [-0.05, 0) is 40.3 Å². The zero-order valence-electron chi connectivity index (χ0n) is 11.7. The Kier molecular flexibility index (Phi) is 5.54. The van der Waals surface area contributed by atoms with Crippen LogP contribution in [-0.4, -0.2) is 58.2 Å². The molecule has 18 heavy (non-hydrogen) atoms. The van der Waals surface area contributed by atoms with E-state index in [0.29, 0.717) is 19.6 Å². The van der Waals surface area contributed by atoms with Crippen molar-refractivity contribution in [1.29, 1.82) is 0 Å². The number of rotatable bonds is 7. The molecule has 0 saturated carbocycles. The van der Waals surface area contributed by atoms with Gasteiger partial charge in [-0.3, -0.25) is 0 Å². The van der Waals surface area contributed by atoms with E-state index < -0.39 is 15.7 Å². The van der Waals surface area contributed by atoms with Crippen LogP contribution < -0.4 is 10.0 Å². The normalized spacial score (nSPS) is 29.1. The maximum absolute atomic E-state index is 12.2. The molecule has 2 unspecified atom stereocenters.